The number of hydrogen-bond donors (Lipinski definition) is 2. The Morgan fingerprint density at radius 1 is 1.41 bits per heavy atom. The van der Waals surface area contributed by atoms with E-state index in [1.807, 2.05) is 24.9 Å². The molecular weight excluding hydrogens is 280 g/mol. The van der Waals surface area contributed by atoms with E-state index in [0.29, 0.717) is 13.1 Å². The van der Waals surface area contributed by atoms with E-state index in [0.717, 1.165) is 23.6 Å². The third kappa shape index (κ3) is 2.94. The number of aromatic amines is 1. The zero-order valence-corrected chi connectivity index (χ0v) is 12.8. The quantitative estimate of drug-likeness (QED) is 0.884. The van der Waals surface area contributed by atoms with Gasteiger partial charge >= 0.3 is 6.03 Å². The summed E-state index contributed by atoms with van der Waals surface area (Å²) in [5.41, 5.74) is 1.75. The third-order valence-corrected chi connectivity index (χ3v) is 4.05. The van der Waals surface area contributed by atoms with Crippen LogP contribution in [0.2, 0.25) is 0 Å². The number of anilines is 1. The van der Waals surface area contributed by atoms with Crippen LogP contribution >= 0.6 is 0 Å². The minimum absolute atomic E-state index is 0.0875. The molecule has 1 aliphatic rings. The zero-order chi connectivity index (χ0) is 15.5. The molecule has 1 fully saturated rings. The van der Waals surface area contributed by atoms with E-state index in [9.17, 15) is 4.79 Å². The Hall–Kier alpha value is -2.41. The molecule has 2 aromatic heterocycles. The molecule has 0 bridgehead atoms. The number of rotatable bonds is 2. The van der Waals surface area contributed by atoms with Gasteiger partial charge in [0.2, 0.25) is 0 Å². The largest absolute Gasteiger partial charge is 0.347 e. The van der Waals surface area contributed by atoms with Crippen LogP contribution in [0.1, 0.15) is 17.4 Å². The first kappa shape index (κ1) is 14.5. The Labute approximate surface area is 129 Å². The second-order valence-electron chi connectivity index (χ2n) is 5.54. The first-order valence-corrected chi connectivity index (χ1v) is 7.31. The minimum atomic E-state index is -0.0965. The monoisotopic (exact) mass is 300 g/mol. The number of nitrogens with zero attached hydrogens (tertiary/aromatic N) is 4. The number of likely N-dealkylation sites (N-methyl/N-ethyl adjacent to an activating group) is 1. The summed E-state index contributed by atoms with van der Waals surface area (Å²) < 4.78 is 0. The molecule has 7 nitrogen and oxygen atoms in total. The molecule has 3 rings (SSSR count). The van der Waals surface area contributed by atoms with E-state index in [1.165, 1.54) is 0 Å². The number of aromatic nitrogens is 3. The zero-order valence-electron chi connectivity index (χ0n) is 12.8. The molecule has 1 unspecified atom stereocenters. The molecule has 7 heteroatoms. The average Bonchev–Trinajstić information content (AvgIpc) is 3.04. The highest BCUT2D eigenvalue weighted by Crippen LogP contribution is 2.22. The molecule has 0 radical (unpaired) electrons. The highest BCUT2D eigenvalue weighted by Gasteiger charge is 2.30. The van der Waals surface area contributed by atoms with Gasteiger partial charge in [-0.15, -0.1) is 0 Å². The smallest absolute Gasteiger partial charge is 0.322 e. The van der Waals surface area contributed by atoms with Crippen molar-refractivity contribution in [1.82, 2.24) is 24.8 Å². The predicted molar refractivity (Wildman–Crippen MR) is 83.5 cm³/mol. The second kappa shape index (κ2) is 6.15. The van der Waals surface area contributed by atoms with Crippen LogP contribution in [-0.2, 0) is 0 Å². The van der Waals surface area contributed by atoms with Crippen LogP contribution in [0.15, 0.2) is 30.9 Å². The van der Waals surface area contributed by atoms with Crippen LogP contribution in [0.25, 0.3) is 0 Å². The molecule has 22 heavy (non-hydrogen) atoms. The van der Waals surface area contributed by atoms with Gasteiger partial charge in [0.15, 0.2) is 0 Å². The molecule has 0 aromatic carbocycles. The number of aryl methyl sites for hydroxylation is 1. The molecule has 0 saturated carbocycles. The van der Waals surface area contributed by atoms with Crippen molar-refractivity contribution < 1.29 is 4.79 Å². The summed E-state index contributed by atoms with van der Waals surface area (Å²) in [7, 11) is 2.05. The maximum absolute atomic E-state index is 12.5. The second-order valence-corrected chi connectivity index (χ2v) is 5.54. The molecule has 2 aromatic rings. The Bertz CT molecular complexity index is 641. The van der Waals surface area contributed by atoms with Crippen molar-refractivity contribution >= 4 is 11.7 Å². The number of H-pyrrole nitrogens is 1. The minimum Gasteiger partial charge on any atom is -0.347 e. The molecule has 3 heterocycles. The maximum atomic E-state index is 12.5. The van der Waals surface area contributed by atoms with Crippen molar-refractivity contribution in [3.63, 3.8) is 0 Å². The number of nitrogens with one attached hydrogen (secondary N) is 2. The number of carbonyl (C=O) groups excluding carboxylic acids is 1. The fourth-order valence-corrected chi connectivity index (χ4v) is 2.60. The van der Waals surface area contributed by atoms with Crippen molar-refractivity contribution in [2.75, 3.05) is 32.0 Å². The van der Waals surface area contributed by atoms with Gasteiger partial charge in [-0.2, -0.15) is 0 Å². The summed E-state index contributed by atoms with van der Waals surface area (Å²) in [6, 6.07) is 1.87. The van der Waals surface area contributed by atoms with Crippen molar-refractivity contribution in [2.24, 2.45) is 0 Å². The number of urea groups is 1. The van der Waals surface area contributed by atoms with Gasteiger partial charge in [-0.3, -0.25) is 9.88 Å². The molecule has 1 aliphatic heterocycles. The van der Waals surface area contributed by atoms with E-state index >= 15 is 0 Å². The summed E-state index contributed by atoms with van der Waals surface area (Å²) in [5, 5.41) is 2.94. The summed E-state index contributed by atoms with van der Waals surface area (Å²) in [6.45, 7) is 4.06. The van der Waals surface area contributed by atoms with Gasteiger partial charge in [-0.1, -0.05) is 0 Å². The van der Waals surface area contributed by atoms with Gasteiger partial charge in [-0.25, -0.2) is 9.78 Å². The van der Waals surface area contributed by atoms with Gasteiger partial charge in [0.25, 0.3) is 0 Å². The Morgan fingerprint density at radius 3 is 3.00 bits per heavy atom. The molecule has 2 N–H and O–H groups in total. The number of piperazine rings is 1. The Balaban J connectivity index is 1.69. The van der Waals surface area contributed by atoms with Crippen molar-refractivity contribution in [3.8, 4) is 0 Å². The van der Waals surface area contributed by atoms with Crippen LogP contribution in [0.5, 0.6) is 0 Å². The lowest BCUT2D eigenvalue weighted by Gasteiger charge is -2.38. The SMILES string of the molecule is Cc1ccncc1NC(=O)N1CCN(C)C(c2ncc[nH]2)C1. The lowest BCUT2D eigenvalue weighted by Crippen LogP contribution is -2.50. The Kier molecular flexibility index (Phi) is 4.06. The topological polar surface area (TPSA) is 77.2 Å². The first-order chi connectivity index (χ1) is 10.6. The van der Waals surface area contributed by atoms with Crippen LogP contribution in [0.4, 0.5) is 10.5 Å². The van der Waals surface area contributed by atoms with Crippen molar-refractivity contribution in [3.05, 3.63) is 42.2 Å². The van der Waals surface area contributed by atoms with E-state index in [-0.39, 0.29) is 12.1 Å². The Morgan fingerprint density at radius 2 is 2.27 bits per heavy atom. The molecule has 0 spiro atoms. The molecular formula is C15H20N6O. The highest BCUT2D eigenvalue weighted by atomic mass is 16.2. The number of pyridine rings is 1. The summed E-state index contributed by atoms with van der Waals surface area (Å²) >= 11 is 0. The van der Waals surface area contributed by atoms with Gasteiger partial charge in [0.05, 0.1) is 17.9 Å². The fraction of sp³-hybridized carbons (Fsp3) is 0.400. The van der Waals surface area contributed by atoms with Crippen LogP contribution < -0.4 is 5.32 Å². The number of hydrogen-bond acceptors (Lipinski definition) is 4. The van der Waals surface area contributed by atoms with Gasteiger partial charge in [-0.05, 0) is 25.6 Å². The van der Waals surface area contributed by atoms with Crippen LogP contribution in [-0.4, -0.2) is 57.5 Å². The lowest BCUT2D eigenvalue weighted by molar-refractivity contribution is 0.112. The van der Waals surface area contributed by atoms with E-state index < -0.39 is 0 Å². The molecule has 2 amide bonds. The number of carbonyl (C=O) groups is 1. The maximum Gasteiger partial charge on any atom is 0.322 e. The van der Waals surface area contributed by atoms with E-state index in [2.05, 4.69) is 25.2 Å². The molecule has 116 valence electrons. The van der Waals surface area contributed by atoms with E-state index in [4.69, 9.17) is 0 Å². The fourth-order valence-electron chi connectivity index (χ4n) is 2.60. The first-order valence-electron chi connectivity index (χ1n) is 7.31. The normalized spacial score (nSPS) is 19.2. The summed E-state index contributed by atoms with van der Waals surface area (Å²) in [4.78, 5) is 28.0. The molecule has 1 atom stereocenters. The van der Waals surface area contributed by atoms with Crippen LogP contribution in [0, 0.1) is 6.92 Å². The molecule has 1 saturated heterocycles. The summed E-state index contributed by atoms with van der Waals surface area (Å²) in [5.74, 6) is 0.887. The standard InChI is InChI=1S/C15H20N6O/c1-11-3-4-16-9-12(11)19-15(22)21-8-7-20(2)13(10-21)14-17-5-6-18-14/h3-6,9,13H,7-8,10H2,1-2H3,(H,17,18)(H,19,22). The highest BCUT2D eigenvalue weighted by molar-refractivity contribution is 5.90. The van der Waals surface area contributed by atoms with Crippen molar-refractivity contribution in [2.45, 2.75) is 13.0 Å². The third-order valence-electron chi connectivity index (χ3n) is 4.05. The molecule has 0 aliphatic carbocycles. The lowest BCUT2D eigenvalue weighted by atomic mass is 10.1. The van der Waals surface area contributed by atoms with Gasteiger partial charge < -0.3 is 15.2 Å². The predicted octanol–water partition coefficient (Wildman–Crippen LogP) is 1.63. The average molecular weight is 300 g/mol. The van der Waals surface area contributed by atoms with E-state index in [1.54, 1.807) is 24.8 Å². The number of amides is 2. The van der Waals surface area contributed by atoms with Gasteiger partial charge in [0, 0.05) is 38.2 Å². The van der Waals surface area contributed by atoms with Crippen molar-refractivity contribution in [1.29, 1.82) is 0 Å². The number of imidazole rings is 1. The summed E-state index contributed by atoms with van der Waals surface area (Å²) in [6.07, 6.45) is 6.93. The van der Waals surface area contributed by atoms with Crippen LogP contribution in [0.3, 0.4) is 0 Å². The van der Waals surface area contributed by atoms with Gasteiger partial charge in [0.1, 0.15) is 5.82 Å².